The second-order valence-electron chi connectivity index (χ2n) is 3.11. The van der Waals surface area contributed by atoms with Gasteiger partial charge in [0.2, 0.25) is 0 Å². The van der Waals surface area contributed by atoms with E-state index < -0.39 is 0 Å². The van der Waals surface area contributed by atoms with Crippen molar-refractivity contribution >= 4 is 11.8 Å². The third-order valence-corrected chi connectivity index (χ3v) is 1.74. The molecule has 0 aliphatic carbocycles. The molecule has 1 heterocycles. The average Bonchev–Trinajstić information content (AvgIpc) is 3.03. The molecule has 0 atom stereocenters. The van der Waals surface area contributed by atoms with Crippen molar-refractivity contribution in [2.45, 2.75) is 0 Å². The second-order valence-corrected chi connectivity index (χ2v) is 3.11. The van der Waals surface area contributed by atoms with Crippen molar-refractivity contribution in [1.29, 1.82) is 0 Å². The third-order valence-electron chi connectivity index (χ3n) is 1.74. The van der Waals surface area contributed by atoms with Crippen LogP contribution in [-0.4, -0.2) is 11.8 Å². The van der Waals surface area contributed by atoms with Crippen LogP contribution in [0.2, 0.25) is 0 Å². The molecular formula is C14H13FeNO2-6. The van der Waals surface area contributed by atoms with E-state index in [0.29, 0.717) is 0 Å². The molecule has 18 heavy (non-hydrogen) atoms. The third kappa shape index (κ3) is 8.27. The number of nitrogens with one attached hydrogen (secondary N) is 1. The van der Waals surface area contributed by atoms with Crippen molar-refractivity contribution in [3.8, 4) is 0 Å². The van der Waals surface area contributed by atoms with E-state index in [0.717, 1.165) is 0 Å². The summed E-state index contributed by atoms with van der Waals surface area (Å²) in [7, 11) is 0. The predicted octanol–water partition coefficient (Wildman–Crippen LogP) is 2.01. The van der Waals surface area contributed by atoms with E-state index in [2.05, 4.69) is 0 Å². The number of carbonyl (C=O) groups is 2. The van der Waals surface area contributed by atoms with Gasteiger partial charge in [-0.2, -0.15) is 18.2 Å². The largest absolute Gasteiger partial charge is 0.748 e. The maximum Gasteiger partial charge on any atom is 0.250 e. The fraction of sp³-hybridized carbons (Fsp3) is 0. The van der Waals surface area contributed by atoms with Gasteiger partial charge in [0, 0.05) is 29.2 Å². The minimum atomic E-state index is -0.329. The zero-order valence-electron chi connectivity index (χ0n) is 9.60. The van der Waals surface area contributed by atoms with E-state index in [4.69, 9.17) is 0 Å². The first-order valence-electron chi connectivity index (χ1n) is 5.15. The molecule has 100 valence electrons. The molecule has 0 fully saturated rings. The van der Waals surface area contributed by atoms with Crippen molar-refractivity contribution in [3.63, 3.8) is 0 Å². The van der Waals surface area contributed by atoms with Crippen LogP contribution in [0.1, 0.15) is 0 Å². The minimum absolute atomic E-state index is 0. The standard InChI is InChI=1S/2C5H5.C4H3NO2.Fe/c2*1-2-4-5-3-1;6-3-1-2-4(7)5-3;/h2*1-5H;1-2H,(H,5,6,7);/q-5;-1;;. The van der Waals surface area contributed by atoms with E-state index in [-0.39, 0.29) is 28.9 Å². The second kappa shape index (κ2) is 10.3. The van der Waals surface area contributed by atoms with Gasteiger partial charge in [0.05, 0.1) is 0 Å². The molecule has 2 aromatic rings. The monoisotopic (exact) mass is 283 g/mol. The van der Waals surface area contributed by atoms with Crippen LogP contribution >= 0.6 is 0 Å². The molecule has 0 saturated carbocycles. The van der Waals surface area contributed by atoms with Crippen LogP contribution in [0.3, 0.4) is 0 Å². The molecule has 0 bridgehead atoms. The Morgan fingerprint density at radius 3 is 1.33 bits per heavy atom. The first kappa shape index (κ1) is 16.1. The first-order valence-corrected chi connectivity index (χ1v) is 5.15. The Labute approximate surface area is 117 Å². The molecular weight excluding hydrogens is 270 g/mol. The molecule has 0 unspecified atom stereocenters. The van der Waals surface area contributed by atoms with Crippen LogP contribution in [0.25, 0.3) is 0 Å². The molecule has 3 nitrogen and oxygen atoms in total. The summed E-state index contributed by atoms with van der Waals surface area (Å²) in [5.74, 6) is -0.657. The van der Waals surface area contributed by atoms with Crippen LogP contribution in [-0.2, 0) is 26.7 Å². The summed E-state index contributed by atoms with van der Waals surface area (Å²) in [5, 5.41) is 2.03. The molecule has 1 N–H and O–H groups in total. The predicted molar refractivity (Wildman–Crippen MR) is 66.4 cm³/mol. The molecule has 4 heteroatoms. The van der Waals surface area contributed by atoms with E-state index in [1.165, 1.54) is 12.2 Å². The van der Waals surface area contributed by atoms with Gasteiger partial charge in [0.15, 0.2) is 0 Å². The molecule has 0 aromatic heterocycles. The van der Waals surface area contributed by atoms with Gasteiger partial charge in [-0.25, -0.2) is 12.1 Å². The molecule has 3 rings (SSSR count). The van der Waals surface area contributed by atoms with Crippen molar-refractivity contribution in [2.75, 3.05) is 0 Å². The van der Waals surface area contributed by atoms with Crippen molar-refractivity contribution in [1.82, 2.24) is 5.32 Å². The van der Waals surface area contributed by atoms with E-state index in [1.807, 2.05) is 66.0 Å². The van der Waals surface area contributed by atoms with Gasteiger partial charge in [-0.05, 0) is 0 Å². The van der Waals surface area contributed by atoms with Crippen LogP contribution in [0.4, 0.5) is 0 Å². The van der Waals surface area contributed by atoms with Crippen LogP contribution in [0, 0.1) is 0 Å². The molecule has 2 aromatic carbocycles. The minimum Gasteiger partial charge on any atom is -0.748 e. The maximum atomic E-state index is 10.0. The summed E-state index contributed by atoms with van der Waals surface area (Å²) in [6, 6.07) is 20.0. The number of hydrogen-bond donors (Lipinski definition) is 1. The summed E-state index contributed by atoms with van der Waals surface area (Å²) in [6.07, 6.45) is 2.39. The Kier molecular flexibility index (Phi) is 9.18. The number of rotatable bonds is 0. The van der Waals surface area contributed by atoms with Crippen LogP contribution < -0.4 is 5.32 Å². The van der Waals surface area contributed by atoms with Gasteiger partial charge < -0.3 is 30.3 Å². The Hall–Kier alpha value is -1.90. The number of imide groups is 1. The van der Waals surface area contributed by atoms with Gasteiger partial charge in [-0.15, -0.1) is 0 Å². The van der Waals surface area contributed by atoms with Crippen LogP contribution in [0.15, 0.2) is 72.8 Å². The Morgan fingerprint density at radius 1 is 0.778 bits per heavy atom. The van der Waals surface area contributed by atoms with Gasteiger partial charge in [0.25, 0.3) is 11.8 Å². The first-order chi connectivity index (χ1) is 8.29. The van der Waals surface area contributed by atoms with Crippen molar-refractivity contribution < 1.29 is 26.7 Å². The summed E-state index contributed by atoms with van der Waals surface area (Å²) >= 11 is 0. The smallest absolute Gasteiger partial charge is 0.250 e. The Balaban J connectivity index is 0.000000239. The number of carbonyl (C=O) groups excluding carboxylic acids is 2. The summed E-state index contributed by atoms with van der Waals surface area (Å²) < 4.78 is 0. The summed E-state index contributed by atoms with van der Waals surface area (Å²) in [5.41, 5.74) is 0. The fourth-order valence-corrected chi connectivity index (χ4v) is 0.998. The molecule has 0 saturated heterocycles. The molecule has 1 aliphatic heterocycles. The quantitative estimate of drug-likeness (QED) is 0.456. The van der Waals surface area contributed by atoms with E-state index >= 15 is 0 Å². The molecule has 0 spiro atoms. The van der Waals surface area contributed by atoms with Gasteiger partial charge in [-0.1, -0.05) is 0 Å². The normalized spacial score (nSPS) is 11.3. The fourth-order valence-electron chi connectivity index (χ4n) is 0.998. The average molecular weight is 283 g/mol. The zero-order valence-corrected chi connectivity index (χ0v) is 10.7. The molecule has 1 aliphatic rings. The number of amides is 2. The molecule has 0 radical (unpaired) electrons. The zero-order chi connectivity index (χ0) is 12.3. The Morgan fingerprint density at radius 2 is 1.17 bits per heavy atom. The Bertz CT molecular complexity index is 367. The molecule has 2 amide bonds. The maximum absolute atomic E-state index is 10.0. The SMILES string of the molecule is O=C1C=CC(=O)N1.[Fe].[cH-]1[cH-][cH-][cH-][cH-]1.c1cc[cH-]c1. The van der Waals surface area contributed by atoms with Crippen molar-refractivity contribution in [2.24, 2.45) is 0 Å². The van der Waals surface area contributed by atoms with Crippen LogP contribution in [0.5, 0.6) is 0 Å². The summed E-state index contributed by atoms with van der Waals surface area (Å²) in [6.45, 7) is 0. The van der Waals surface area contributed by atoms with Gasteiger partial charge >= 0.3 is 0 Å². The number of hydrogen-bond acceptors (Lipinski definition) is 2. The van der Waals surface area contributed by atoms with E-state index in [9.17, 15) is 9.59 Å². The summed E-state index contributed by atoms with van der Waals surface area (Å²) in [4.78, 5) is 20.1. The van der Waals surface area contributed by atoms with E-state index in [1.54, 1.807) is 0 Å². The van der Waals surface area contributed by atoms with Crippen molar-refractivity contribution in [3.05, 3.63) is 72.8 Å². The van der Waals surface area contributed by atoms with Gasteiger partial charge in [-0.3, -0.25) is 14.9 Å². The van der Waals surface area contributed by atoms with Gasteiger partial charge in [0.1, 0.15) is 0 Å². The topological polar surface area (TPSA) is 46.2 Å².